The van der Waals surface area contributed by atoms with Gasteiger partial charge >= 0.3 is 0 Å². The van der Waals surface area contributed by atoms with E-state index in [1.807, 2.05) is 32.2 Å². The first-order chi connectivity index (χ1) is 8.74. The first-order valence-electron chi connectivity index (χ1n) is 5.57. The van der Waals surface area contributed by atoms with Crippen LogP contribution in [0, 0.1) is 6.92 Å². The van der Waals surface area contributed by atoms with Crippen molar-refractivity contribution in [2.45, 2.75) is 6.92 Å². The predicted molar refractivity (Wildman–Crippen MR) is 68.6 cm³/mol. The van der Waals surface area contributed by atoms with Gasteiger partial charge < -0.3 is 5.32 Å². The van der Waals surface area contributed by atoms with E-state index in [1.54, 1.807) is 10.9 Å². The Morgan fingerprint density at radius 2 is 2.11 bits per heavy atom. The first kappa shape index (κ1) is 10.6. The molecule has 0 atom stereocenters. The molecule has 18 heavy (non-hydrogen) atoms. The van der Waals surface area contributed by atoms with Crippen LogP contribution < -0.4 is 5.32 Å². The first-order valence-corrected chi connectivity index (χ1v) is 5.57. The Bertz CT molecular complexity index is 703. The zero-order chi connectivity index (χ0) is 12.5. The van der Waals surface area contributed by atoms with Crippen LogP contribution in [0.5, 0.6) is 0 Å². The molecule has 0 unspecified atom stereocenters. The Labute approximate surface area is 104 Å². The lowest BCUT2D eigenvalue weighted by molar-refractivity contribution is 0.785. The van der Waals surface area contributed by atoms with Crippen LogP contribution in [0.25, 0.3) is 11.0 Å². The highest BCUT2D eigenvalue weighted by molar-refractivity contribution is 5.87. The Hall–Kier alpha value is -2.50. The second kappa shape index (κ2) is 4.06. The summed E-state index contributed by atoms with van der Waals surface area (Å²) in [5.74, 6) is 1.48. The minimum Gasteiger partial charge on any atom is -0.324 e. The standard InChI is InChI=1S/C12H12N6/c1-8-4-3-5-10(16-8)17-11-9-6-15-18(2)12(9)14-7-13-11/h3-7H,1-2H3,(H,13,14,16,17). The third kappa shape index (κ3) is 1.77. The average Bonchev–Trinajstić information content (AvgIpc) is 2.73. The highest BCUT2D eigenvalue weighted by Crippen LogP contribution is 2.21. The molecule has 0 bridgehead atoms. The summed E-state index contributed by atoms with van der Waals surface area (Å²) in [5.41, 5.74) is 1.75. The lowest BCUT2D eigenvalue weighted by Crippen LogP contribution is -1.99. The lowest BCUT2D eigenvalue weighted by atomic mass is 10.3. The Morgan fingerprint density at radius 1 is 1.22 bits per heavy atom. The third-order valence-corrected chi connectivity index (χ3v) is 2.66. The molecular formula is C12H12N6. The monoisotopic (exact) mass is 240 g/mol. The van der Waals surface area contributed by atoms with Crippen LogP contribution in [0.3, 0.4) is 0 Å². The van der Waals surface area contributed by atoms with Crippen molar-refractivity contribution in [3.05, 3.63) is 36.4 Å². The molecule has 0 aliphatic carbocycles. The van der Waals surface area contributed by atoms with Crippen molar-refractivity contribution in [1.29, 1.82) is 0 Å². The lowest BCUT2D eigenvalue weighted by Gasteiger charge is -2.05. The highest BCUT2D eigenvalue weighted by Gasteiger charge is 2.08. The van der Waals surface area contributed by atoms with Crippen molar-refractivity contribution in [3.8, 4) is 0 Å². The number of pyridine rings is 1. The van der Waals surface area contributed by atoms with Crippen molar-refractivity contribution >= 4 is 22.7 Å². The van der Waals surface area contributed by atoms with Gasteiger partial charge in [-0.2, -0.15) is 5.10 Å². The number of aryl methyl sites for hydroxylation is 2. The zero-order valence-electron chi connectivity index (χ0n) is 10.1. The Kier molecular flexibility index (Phi) is 2.40. The summed E-state index contributed by atoms with van der Waals surface area (Å²) in [7, 11) is 1.85. The van der Waals surface area contributed by atoms with Gasteiger partial charge in [0.05, 0.1) is 11.6 Å². The topological polar surface area (TPSA) is 68.5 Å². The fourth-order valence-corrected chi connectivity index (χ4v) is 1.80. The van der Waals surface area contributed by atoms with Crippen LogP contribution >= 0.6 is 0 Å². The number of hydrogen-bond donors (Lipinski definition) is 1. The van der Waals surface area contributed by atoms with Gasteiger partial charge in [0, 0.05) is 12.7 Å². The van der Waals surface area contributed by atoms with Crippen molar-refractivity contribution < 1.29 is 0 Å². The van der Waals surface area contributed by atoms with E-state index >= 15 is 0 Å². The van der Waals surface area contributed by atoms with Crippen LogP contribution in [0.2, 0.25) is 0 Å². The molecule has 0 aliphatic rings. The third-order valence-electron chi connectivity index (χ3n) is 2.66. The summed E-state index contributed by atoms with van der Waals surface area (Å²) < 4.78 is 1.71. The quantitative estimate of drug-likeness (QED) is 0.739. The molecule has 6 nitrogen and oxygen atoms in total. The van der Waals surface area contributed by atoms with Crippen molar-refractivity contribution in [1.82, 2.24) is 24.7 Å². The molecule has 0 aliphatic heterocycles. The zero-order valence-corrected chi connectivity index (χ0v) is 10.1. The molecule has 0 aromatic carbocycles. The van der Waals surface area contributed by atoms with Gasteiger partial charge in [-0.1, -0.05) is 6.07 Å². The van der Waals surface area contributed by atoms with E-state index in [-0.39, 0.29) is 0 Å². The molecule has 1 N–H and O–H groups in total. The second-order valence-electron chi connectivity index (χ2n) is 4.02. The number of hydrogen-bond acceptors (Lipinski definition) is 5. The highest BCUT2D eigenvalue weighted by atomic mass is 15.3. The molecule has 3 heterocycles. The van der Waals surface area contributed by atoms with Crippen molar-refractivity contribution in [2.24, 2.45) is 7.05 Å². The van der Waals surface area contributed by atoms with Crippen LogP contribution in [0.1, 0.15) is 5.69 Å². The fourth-order valence-electron chi connectivity index (χ4n) is 1.80. The fraction of sp³-hybridized carbons (Fsp3) is 0.167. The molecule has 0 spiro atoms. The maximum absolute atomic E-state index is 4.38. The second-order valence-corrected chi connectivity index (χ2v) is 4.02. The number of nitrogens with one attached hydrogen (secondary N) is 1. The molecule has 6 heteroatoms. The van der Waals surface area contributed by atoms with Crippen LogP contribution in [-0.2, 0) is 7.05 Å². The number of fused-ring (bicyclic) bond motifs is 1. The largest absolute Gasteiger partial charge is 0.324 e. The molecule has 0 saturated heterocycles. The van der Waals surface area contributed by atoms with Crippen molar-refractivity contribution in [2.75, 3.05) is 5.32 Å². The molecule has 0 fully saturated rings. The summed E-state index contributed by atoms with van der Waals surface area (Å²) in [4.78, 5) is 12.8. The van der Waals surface area contributed by atoms with Gasteiger partial charge in [0.15, 0.2) is 5.65 Å². The summed E-state index contributed by atoms with van der Waals surface area (Å²) in [5, 5.41) is 8.23. The smallest absolute Gasteiger partial charge is 0.163 e. The van der Waals surface area contributed by atoms with E-state index < -0.39 is 0 Å². The molecule has 3 aromatic rings. The summed E-state index contributed by atoms with van der Waals surface area (Å²) in [6.07, 6.45) is 3.26. The SMILES string of the molecule is Cc1cccc(Nc2ncnc3c2cnn3C)n1. The van der Waals surface area contributed by atoms with Crippen molar-refractivity contribution in [3.63, 3.8) is 0 Å². The number of nitrogens with zero attached hydrogens (tertiary/aromatic N) is 5. The van der Waals surface area contributed by atoms with Gasteiger partial charge in [0.2, 0.25) is 0 Å². The molecule has 0 amide bonds. The van der Waals surface area contributed by atoms with E-state index in [9.17, 15) is 0 Å². The average molecular weight is 240 g/mol. The molecular weight excluding hydrogens is 228 g/mol. The predicted octanol–water partition coefficient (Wildman–Crippen LogP) is 1.81. The van der Waals surface area contributed by atoms with E-state index in [2.05, 4.69) is 25.4 Å². The Morgan fingerprint density at radius 3 is 2.94 bits per heavy atom. The molecule has 0 radical (unpaired) electrons. The van der Waals surface area contributed by atoms with E-state index in [0.29, 0.717) is 5.82 Å². The maximum atomic E-state index is 4.38. The minimum atomic E-state index is 0.714. The maximum Gasteiger partial charge on any atom is 0.163 e. The number of rotatable bonds is 2. The summed E-state index contributed by atoms with van der Waals surface area (Å²) >= 11 is 0. The van der Waals surface area contributed by atoms with Gasteiger partial charge in [-0.15, -0.1) is 0 Å². The van der Waals surface area contributed by atoms with Gasteiger partial charge in [-0.05, 0) is 19.1 Å². The molecule has 0 saturated carbocycles. The number of aromatic nitrogens is 5. The van der Waals surface area contributed by atoms with Crippen LogP contribution in [0.15, 0.2) is 30.7 Å². The van der Waals surface area contributed by atoms with Crippen LogP contribution in [0.4, 0.5) is 11.6 Å². The molecule has 90 valence electrons. The normalized spacial score (nSPS) is 10.8. The van der Waals surface area contributed by atoms with Gasteiger partial charge in [0.1, 0.15) is 18.0 Å². The van der Waals surface area contributed by atoms with Gasteiger partial charge in [-0.25, -0.2) is 15.0 Å². The minimum absolute atomic E-state index is 0.714. The summed E-state index contributed by atoms with van der Waals surface area (Å²) in [6.45, 7) is 1.95. The molecule has 3 aromatic heterocycles. The Balaban J connectivity index is 2.05. The number of anilines is 2. The summed E-state index contributed by atoms with van der Waals surface area (Å²) in [6, 6.07) is 5.80. The van der Waals surface area contributed by atoms with E-state index in [1.165, 1.54) is 6.33 Å². The van der Waals surface area contributed by atoms with E-state index in [0.717, 1.165) is 22.5 Å². The van der Waals surface area contributed by atoms with Gasteiger partial charge in [-0.3, -0.25) is 4.68 Å². The van der Waals surface area contributed by atoms with E-state index in [4.69, 9.17) is 0 Å². The molecule has 3 rings (SSSR count). The van der Waals surface area contributed by atoms with Gasteiger partial charge in [0.25, 0.3) is 0 Å². The van der Waals surface area contributed by atoms with Crippen LogP contribution in [-0.4, -0.2) is 24.7 Å².